The van der Waals surface area contributed by atoms with Crippen molar-refractivity contribution in [2.45, 2.75) is 58.8 Å². The minimum absolute atomic E-state index is 0.223. The Morgan fingerprint density at radius 3 is 2.39 bits per heavy atom. The third-order valence-electron chi connectivity index (χ3n) is 4.01. The zero-order chi connectivity index (χ0) is 13.5. The Hall–Kier alpha value is -0.980. The average molecular weight is 245 g/mol. The van der Waals surface area contributed by atoms with Crippen LogP contribution in [0.1, 0.15) is 63.6 Å². The Kier molecular flexibility index (Phi) is 3.44. The molecule has 18 heavy (non-hydrogen) atoms. The highest BCUT2D eigenvalue weighted by Gasteiger charge is 2.25. The second-order valence-electron chi connectivity index (χ2n) is 7.01. The van der Waals surface area contributed by atoms with Crippen LogP contribution < -0.4 is 4.90 Å². The van der Waals surface area contributed by atoms with Crippen LogP contribution in [-0.2, 0) is 11.8 Å². The van der Waals surface area contributed by atoms with Crippen molar-refractivity contribution < 1.29 is 0 Å². The van der Waals surface area contributed by atoms with E-state index in [-0.39, 0.29) is 5.41 Å². The molecule has 1 aliphatic heterocycles. The summed E-state index contributed by atoms with van der Waals surface area (Å²) in [6, 6.07) is 4.87. The van der Waals surface area contributed by atoms with Gasteiger partial charge in [-0.05, 0) is 40.9 Å². The van der Waals surface area contributed by atoms with Crippen LogP contribution in [0.15, 0.2) is 12.1 Å². The molecular weight excluding hydrogens is 218 g/mol. The first-order valence-corrected chi connectivity index (χ1v) is 7.19. The fourth-order valence-corrected chi connectivity index (χ4v) is 2.88. The Morgan fingerprint density at radius 2 is 1.83 bits per heavy atom. The summed E-state index contributed by atoms with van der Waals surface area (Å²) >= 11 is 0. The molecule has 1 aromatic rings. The first-order chi connectivity index (χ1) is 8.30. The molecule has 1 nitrogen and oxygen atoms in total. The molecule has 0 aromatic heterocycles. The van der Waals surface area contributed by atoms with Crippen LogP contribution in [0.25, 0.3) is 0 Å². The van der Waals surface area contributed by atoms with E-state index in [9.17, 15) is 0 Å². The third-order valence-corrected chi connectivity index (χ3v) is 4.01. The summed E-state index contributed by atoms with van der Waals surface area (Å²) in [6.45, 7) is 12.8. The van der Waals surface area contributed by atoms with E-state index >= 15 is 0 Å². The van der Waals surface area contributed by atoms with Crippen molar-refractivity contribution in [1.29, 1.82) is 0 Å². The molecule has 0 saturated carbocycles. The Morgan fingerprint density at radius 1 is 1.17 bits per heavy atom. The number of nitrogens with zero attached hydrogens (tertiary/aromatic N) is 1. The Labute approximate surface area is 112 Å². The number of fused-ring (bicyclic) bond motifs is 1. The van der Waals surface area contributed by atoms with E-state index in [0.29, 0.717) is 5.92 Å². The van der Waals surface area contributed by atoms with Crippen LogP contribution in [0.5, 0.6) is 0 Å². The fraction of sp³-hybridized carbons (Fsp3) is 0.647. The van der Waals surface area contributed by atoms with Gasteiger partial charge in [-0.25, -0.2) is 0 Å². The quantitative estimate of drug-likeness (QED) is 0.704. The van der Waals surface area contributed by atoms with Gasteiger partial charge in [-0.15, -0.1) is 0 Å². The predicted molar refractivity (Wildman–Crippen MR) is 80.8 cm³/mol. The van der Waals surface area contributed by atoms with Crippen LogP contribution in [-0.4, -0.2) is 13.6 Å². The van der Waals surface area contributed by atoms with Gasteiger partial charge in [0.25, 0.3) is 0 Å². The molecule has 0 fully saturated rings. The van der Waals surface area contributed by atoms with E-state index in [0.717, 1.165) is 0 Å². The SMILES string of the molecule is CC(C)c1cc2c(c(C(C)(C)C)c1)N(C)CCC2. The first-order valence-electron chi connectivity index (χ1n) is 7.19. The second kappa shape index (κ2) is 4.60. The van der Waals surface area contributed by atoms with E-state index in [2.05, 4.69) is 58.7 Å². The molecule has 0 amide bonds. The zero-order valence-corrected chi connectivity index (χ0v) is 12.8. The molecule has 1 heterocycles. The molecule has 2 rings (SSSR count). The molecule has 100 valence electrons. The van der Waals surface area contributed by atoms with E-state index in [1.165, 1.54) is 36.2 Å². The summed E-state index contributed by atoms with van der Waals surface area (Å²) in [7, 11) is 2.24. The van der Waals surface area contributed by atoms with Gasteiger partial charge in [0.2, 0.25) is 0 Å². The highest BCUT2D eigenvalue weighted by atomic mass is 15.1. The van der Waals surface area contributed by atoms with Gasteiger partial charge in [-0.1, -0.05) is 46.8 Å². The summed E-state index contributed by atoms with van der Waals surface area (Å²) in [5.74, 6) is 0.614. The van der Waals surface area contributed by atoms with Crippen molar-refractivity contribution in [3.63, 3.8) is 0 Å². The van der Waals surface area contributed by atoms with E-state index in [1.807, 2.05) is 0 Å². The number of rotatable bonds is 1. The second-order valence-corrected chi connectivity index (χ2v) is 7.01. The number of hydrogen-bond donors (Lipinski definition) is 0. The zero-order valence-electron chi connectivity index (χ0n) is 12.8. The summed E-state index contributed by atoms with van der Waals surface area (Å²) in [6.07, 6.45) is 2.53. The van der Waals surface area contributed by atoms with Crippen LogP contribution in [0.3, 0.4) is 0 Å². The molecule has 0 saturated heterocycles. The molecule has 0 N–H and O–H groups in total. The van der Waals surface area contributed by atoms with Crippen molar-refractivity contribution in [3.05, 3.63) is 28.8 Å². The lowest BCUT2D eigenvalue weighted by atomic mass is 9.80. The molecule has 1 heteroatoms. The third kappa shape index (κ3) is 2.41. The monoisotopic (exact) mass is 245 g/mol. The number of benzene rings is 1. The lowest BCUT2D eigenvalue weighted by Gasteiger charge is -2.35. The van der Waals surface area contributed by atoms with Gasteiger partial charge >= 0.3 is 0 Å². The van der Waals surface area contributed by atoms with Gasteiger partial charge < -0.3 is 4.90 Å². The molecule has 1 aliphatic rings. The van der Waals surface area contributed by atoms with Crippen LogP contribution in [0.2, 0.25) is 0 Å². The topological polar surface area (TPSA) is 3.24 Å². The number of aryl methyl sites for hydroxylation is 1. The molecule has 0 atom stereocenters. The Bertz CT molecular complexity index is 438. The maximum Gasteiger partial charge on any atom is 0.0434 e. The average Bonchev–Trinajstić information content (AvgIpc) is 2.26. The highest BCUT2D eigenvalue weighted by Crippen LogP contribution is 2.39. The van der Waals surface area contributed by atoms with Crippen molar-refractivity contribution in [2.75, 3.05) is 18.5 Å². The maximum absolute atomic E-state index is 2.45. The molecule has 0 spiro atoms. The molecule has 0 unspecified atom stereocenters. The molecular formula is C17H27N. The summed E-state index contributed by atoms with van der Waals surface area (Å²) in [4.78, 5) is 2.45. The maximum atomic E-state index is 2.45. The standard InChI is InChI=1S/C17H27N/c1-12(2)14-10-13-8-7-9-18(6)16(13)15(11-14)17(3,4)5/h10-12H,7-9H2,1-6H3. The van der Waals surface area contributed by atoms with Gasteiger partial charge in [0.05, 0.1) is 0 Å². The molecule has 0 bridgehead atoms. The van der Waals surface area contributed by atoms with Gasteiger partial charge in [0.15, 0.2) is 0 Å². The van der Waals surface area contributed by atoms with Crippen molar-refractivity contribution in [1.82, 2.24) is 0 Å². The van der Waals surface area contributed by atoms with E-state index in [4.69, 9.17) is 0 Å². The van der Waals surface area contributed by atoms with Crippen LogP contribution >= 0.6 is 0 Å². The van der Waals surface area contributed by atoms with Gasteiger partial charge in [-0.2, -0.15) is 0 Å². The number of hydrogen-bond acceptors (Lipinski definition) is 1. The minimum Gasteiger partial charge on any atom is -0.374 e. The fourth-order valence-electron chi connectivity index (χ4n) is 2.88. The predicted octanol–water partition coefficient (Wildman–Crippen LogP) is 4.49. The Balaban J connectivity index is 2.64. The van der Waals surface area contributed by atoms with Crippen LogP contribution in [0, 0.1) is 0 Å². The van der Waals surface area contributed by atoms with Crippen molar-refractivity contribution in [2.24, 2.45) is 0 Å². The van der Waals surface area contributed by atoms with Crippen molar-refractivity contribution in [3.8, 4) is 0 Å². The van der Waals surface area contributed by atoms with Crippen LogP contribution in [0.4, 0.5) is 5.69 Å². The highest BCUT2D eigenvalue weighted by molar-refractivity contribution is 5.64. The molecule has 0 aliphatic carbocycles. The lowest BCUT2D eigenvalue weighted by molar-refractivity contribution is 0.580. The van der Waals surface area contributed by atoms with E-state index < -0.39 is 0 Å². The molecule has 1 aromatic carbocycles. The van der Waals surface area contributed by atoms with Crippen molar-refractivity contribution >= 4 is 5.69 Å². The molecule has 0 radical (unpaired) electrons. The van der Waals surface area contributed by atoms with Gasteiger partial charge in [-0.3, -0.25) is 0 Å². The van der Waals surface area contributed by atoms with Gasteiger partial charge in [0.1, 0.15) is 0 Å². The summed E-state index contributed by atoms with van der Waals surface area (Å²) in [5.41, 5.74) is 6.29. The largest absolute Gasteiger partial charge is 0.374 e. The summed E-state index contributed by atoms with van der Waals surface area (Å²) < 4.78 is 0. The van der Waals surface area contributed by atoms with Gasteiger partial charge in [0, 0.05) is 19.3 Å². The first kappa shape index (κ1) is 13.5. The minimum atomic E-state index is 0.223. The van der Waals surface area contributed by atoms with E-state index in [1.54, 1.807) is 5.56 Å². The lowest BCUT2D eigenvalue weighted by Crippen LogP contribution is -2.29. The number of anilines is 1. The normalized spacial score (nSPS) is 16.1. The smallest absolute Gasteiger partial charge is 0.0434 e. The summed E-state index contributed by atoms with van der Waals surface area (Å²) in [5, 5.41) is 0.